The van der Waals surface area contributed by atoms with E-state index < -0.39 is 0 Å². The Kier molecular flexibility index (Phi) is 2.53. The molecule has 2 heterocycles. The Bertz CT molecular complexity index is 655. The number of nitrogens with one attached hydrogen (secondary N) is 1. The summed E-state index contributed by atoms with van der Waals surface area (Å²) in [6, 6.07) is 8.85. The van der Waals surface area contributed by atoms with Gasteiger partial charge in [0.2, 0.25) is 5.82 Å². The van der Waals surface area contributed by atoms with E-state index in [1.807, 2.05) is 12.1 Å². The van der Waals surface area contributed by atoms with Crippen molar-refractivity contribution in [1.82, 2.24) is 15.1 Å². The summed E-state index contributed by atoms with van der Waals surface area (Å²) in [4.78, 5) is 7.29. The Balaban J connectivity index is 2.03. The summed E-state index contributed by atoms with van der Waals surface area (Å²) in [5.74, 6) is 0.877. The van der Waals surface area contributed by atoms with Gasteiger partial charge in [0.25, 0.3) is 5.89 Å². The fourth-order valence-corrected chi connectivity index (χ4v) is 1.90. The molecule has 0 unspecified atom stereocenters. The first-order chi connectivity index (χ1) is 8.72. The van der Waals surface area contributed by atoms with Crippen molar-refractivity contribution >= 4 is 17.3 Å². The molecule has 0 spiro atoms. The van der Waals surface area contributed by atoms with Crippen molar-refractivity contribution in [2.24, 2.45) is 0 Å². The second-order valence-electron chi connectivity index (χ2n) is 3.78. The van der Waals surface area contributed by atoms with Crippen LogP contribution in [-0.4, -0.2) is 15.1 Å². The number of H-pyrrole nitrogens is 1. The summed E-state index contributed by atoms with van der Waals surface area (Å²) in [6.45, 7) is 0. The topological polar surface area (TPSA) is 80.7 Å². The molecule has 0 bridgehead atoms. The number of aromatic amines is 1. The number of halogens is 1. The predicted octanol–water partition coefficient (Wildman–Crippen LogP) is 2.97. The van der Waals surface area contributed by atoms with E-state index in [9.17, 15) is 0 Å². The fraction of sp³-hybridized carbons (Fsp3) is 0. The minimum absolute atomic E-state index is 0.383. The molecule has 0 amide bonds. The monoisotopic (exact) mass is 260 g/mol. The molecule has 3 rings (SSSR count). The van der Waals surface area contributed by atoms with Crippen LogP contribution in [0.4, 0.5) is 5.69 Å². The van der Waals surface area contributed by atoms with E-state index in [-0.39, 0.29) is 0 Å². The third kappa shape index (κ3) is 1.96. The van der Waals surface area contributed by atoms with Crippen LogP contribution < -0.4 is 5.73 Å². The Morgan fingerprint density at radius 1 is 1.28 bits per heavy atom. The van der Waals surface area contributed by atoms with Crippen molar-refractivity contribution < 1.29 is 4.52 Å². The zero-order valence-electron chi connectivity index (χ0n) is 9.22. The first kappa shape index (κ1) is 10.9. The highest BCUT2D eigenvalue weighted by atomic mass is 35.5. The molecule has 0 radical (unpaired) electrons. The number of nitrogens with two attached hydrogens (primary N) is 1. The molecule has 5 nitrogen and oxygen atoms in total. The van der Waals surface area contributed by atoms with Crippen LogP contribution in [-0.2, 0) is 0 Å². The van der Waals surface area contributed by atoms with Crippen molar-refractivity contribution in [3.63, 3.8) is 0 Å². The standard InChI is InChI=1S/C12H9ClN4O/c13-8-4-7(5-9(14)6-8)12-16-11(17-18-12)10-2-1-3-15-10/h1-6,15H,14H2. The average molecular weight is 261 g/mol. The molecule has 0 aliphatic rings. The fourth-order valence-electron chi connectivity index (χ4n) is 1.66. The van der Waals surface area contributed by atoms with Gasteiger partial charge in [0.05, 0.1) is 5.69 Å². The zero-order valence-corrected chi connectivity index (χ0v) is 9.98. The van der Waals surface area contributed by atoms with Gasteiger partial charge in [-0.3, -0.25) is 0 Å². The van der Waals surface area contributed by atoms with Gasteiger partial charge in [-0.05, 0) is 30.3 Å². The molecule has 0 fully saturated rings. The van der Waals surface area contributed by atoms with E-state index in [4.69, 9.17) is 21.9 Å². The summed E-state index contributed by atoms with van der Waals surface area (Å²) in [5, 5.41) is 4.43. The summed E-state index contributed by atoms with van der Waals surface area (Å²) < 4.78 is 5.19. The zero-order chi connectivity index (χ0) is 12.5. The molecule has 2 aromatic heterocycles. The molecule has 18 heavy (non-hydrogen) atoms. The van der Waals surface area contributed by atoms with Crippen molar-refractivity contribution in [2.45, 2.75) is 0 Å². The van der Waals surface area contributed by atoms with E-state index in [2.05, 4.69) is 15.1 Å². The molecule has 0 saturated heterocycles. The van der Waals surface area contributed by atoms with Gasteiger partial charge < -0.3 is 15.2 Å². The maximum Gasteiger partial charge on any atom is 0.258 e. The van der Waals surface area contributed by atoms with Gasteiger partial charge in [0.15, 0.2) is 0 Å². The third-order valence-corrected chi connectivity index (χ3v) is 2.65. The number of rotatable bonds is 2. The number of aromatic nitrogens is 3. The number of nitrogen functional groups attached to an aromatic ring is 1. The number of benzene rings is 1. The minimum atomic E-state index is 0.383. The minimum Gasteiger partial charge on any atom is -0.399 e. The lowest BCUT2D eigenvalue weighted by Gasteiger charge is -1.98. The summed E-state index contributed by atoms with van der Waals surface area (Å²) in [5.41, 5.74) is 7.76. The number of nitrogens with zero attached hydrogens (tertiary/aromatic N) is 2. The van der Waals surface area contributed by atoms with Gasteiger partial charge >= 0.3 is 0 Å². The molecule has 0 saturated carbocycles. The SMILES string of the molecule is Nc1cc(Cl)cc(-c2nc(-c3ccc[nH]3)no2)c1. The first-order valence-corrected chi connectivity index (χ1v) is 5.64. The molecule has 0 aliphatic carbocycles. The van der Waals surface area contributed by atoms with Crippen LogP contribution in [0.2, 0.25) is 5.02 Å². The molecular weight excluding hydrogens is 252 g/mol. The number of anilines is 1. The van der Waals surface area contributed by atoms with Crippen LogP contribution in [0.15, 0.2) is 41.1 Å². The summed E-state index contributed by atoms with van der Waals surface area (Å²) >= 11 is 5.93. The maximum atomic E-state index is 5.93. The largest absolute Gasteiger partial charge is 0.399 e. The van der Waals surface area contributed by atoms with Crippen LogP contribution >= 0.6 is 11.6 Å². The van der Waals surface area contributed by atoms with Crippen molar-refractivity contribution in [1.29, 1.82) is 0 Å². The molecule has 3 N–H and O–H groups in total. The van der Waals surface area contributed by atoms with E-state index >= 15 is 0 Å². The molecule has 1 aromatic carbocycles. The van der Waals surface area contributed by atoms with E-state index in [1.54, 1.807) is 24.4 Å². The Labute approximate surface area is 108 Å². The summed E-state index contributed by atoms with van der Waals surface area (Å²) in [6.07, 6.45) is 1.79. The third-order valence-electron chi connectivity index (χ3n) is 2.43. The van der Waals surface area contributed by atoms with Crippen LogP contribution in [0.3, 0.4) is 0 Å². The van der Waals surface area contributed by atoms with Gasteiger partial charge in [0, 0.05) is 22.5 Å². The van der Waals surface area contributed by atoms with Crippen LogP contribution in [0.1, 0.15) is 0 Å². The lowest BCUT2D eigenvalue weighted by atomic mass is 10.2. The van der Waals surface area contributed by atoms with Gasteiger partial charge in [0.1, 0.15) is 0 Å². The number of hydrogen-bond donors (Lipinski definition) is 2. The van der Waals surface area contributed by atoms with Crippen molar-refractivity contribution in [2.75, 3.05) is 5.73 Å². The molecule has 3 aromatic rings. The maximum absolute atomic E-state index is 5.93. The van der Waals surface area contributed by atoms with Crippen LogP contribution in [0.25, 0.3) is 23.0 Å². The van der Waals surface area contributed by atoms with E-state index in [0.29, 0.717) is 28.0 Å². The Morgan fingerprint density at radius 3 is 2.89 bits per heavy atom. The van der Waals surface area contributed by atoms with Crippen molar-refractivity contribution in [3.05, 3.63) is 41.6 Å². The quantitative estimate of drug-likeness (QED) is 0.694. The lowest BCUT2D eigenvalue weighted by molar-refractivity contribution is 0.432. The lowest BCUT2D eigenvalue weighted by Crippen LogP contribution is -1.86. The van der Waals surface area contributed by atoms with Crippen LogP contribution in [0.5, 0.6) is 0 Å². The Hall–Kier alpha value is -2.27. The first-order valence-electron chi connectivity index (χ1n) is 5.26. The molecule has 90 valence electrons. The van der Waals surface area contributed by atoms with Crippen LogP contribution in [0, 0.1) is 0 Å². The van der Waals surface area contributed by atoms with Crippen molar-refractivity contribution in [3.8, 4) is 23.0 Å². The van der Waals surface area contributed by atoms with E-state index in [1.165, 1.54) is 0 Å². The molecular formula is C12H9ClN4O. The van der Waals surface area contributed by atoms with Gasteiger partial charge in [-0.25, -0.2) is 0 Å². The normalized spacial score (nSPS) is 10.7. The van der Waals surface area contributed by atoms with E-state index in [0.717, 1.165) is 5.69 Å². The second kappa shape index (κ2) is 4.19. The highest BCUT2D eigenvalue weighted by Gasteiger charge is 2.11. The average Bonchev–Trinajstić information content (AvgIpc) is 2.99. The number of hydrogen-bond acceptors (Lipinski definition) is 4. The van der Waals surface area contributed by atoms with Gasteiger partial charge in [-0.2, -0.15) is 4.98 Å². The highest BCUT2D eigenvalue weighted by Crippen LogP contribution is 2.26. The second-order valence-corrected chi connectivity index (χ2v) is 4.22. The van der Waals surface area contributed by atoms with Gasteiger partial charge in [-0.15, -0.1) is 0 Å². The Morgan fingerprint density at radius 2 is 2.17 bits per heavy atom. The predicted molar refractivity (Wildman–Crippen MR) is 68.9 cm³/mol. The summed E-state index contributed by atoms with van der Waals surface area (Å²) in [7, 11) is 0. The molecule has 0 aliphatic heterocycles. The highest BCUT2D eigenvalue weighted by molar-refractivity contribution is 6.31. The smallest absolute Gasteiger partial charge is 0.258 e. The molecule has 6 heteroatoms. The molecule has 0 atom stereocenters. The van der Waals surface area contributed by atoms with Gasteiger partial charge in [-0.1, -0.05) is 16.8 Å².